The summed E-state index contributed by atoms with van der Waals surface area (Å²) in [6.45, 7) is 0. The van der Waals surface area contributed by atoms with Crippen molar-refractivity contribution in [3.63, 3.8) is 0 Å². The normalized spacial score (nSPS) is 26.1. The van der Waals surface area contributed by atoms with E-state index in [2.05, 4.69) is 15.3 Å². The highest BCUT2D eigenvalue weighted by Gasteiger charge is 2.43. The fourth-order valence-electron chi connectivity index (χ4n) is 2.92. The van der Waals surface area contributed by atoms with Gasteiger partial charge in [-0.3, -0.25) is 9.97 Å². The standard InChI is InChI=1S/C13H18F3N3/c1-17-12(11-8-18-5-6-19-11)9-3-2-4-10(7-9)13(14,15)16/h5-6,8-10,12,17H,2-4,7H2,1H3. The zero-order chi connectivity index (χ0) is 13.9. The Morgan fingerprint density at radius 1 is 1.32 bits per heavy atom. The molecule has 19 heavy (non-hydrogen) atoms. The van der Waals surface area contributed by atoms with Gasteiger partial charge in [-0.1, -0.05) is 6.42 Å². The minimum atomic E-state index is -4.08. The molecule has 106 valence electrons. The van der Waals surface area contributed by atoms with Crippen molar-refractivity contribution in [3.05, 3.63) is 24.3 Å². The van der Waals surface area contributed by atoms with E-state index in [1.807, 2.05) is 0 Å². The summed E-state index contributed by atoms with van der Waals surface area (Å²) in [6, 6.07) is -0.154. The van der Waals surface area contributed by atoms with Crippen molar-refractivity contribution in [1.29, 1.82) is 0 Å². The number of halogens is 3. The lowest BCUT2D eigenvalue weighted by molar-refractivity contribution is -0.186. The second-order valence-corrected chi connectivity index (χ2v) is 5.06. The number of hydrogen-bond donors (Lipinski definition) is 1. The number of nitrogens with one attached hydrogen (secondary N) is 1. The predicted octanol–water partition coefficient (Wildman–Crippen LogP) is 3.11. The van der Waals surface area contributed by atoms with Gasteiger partial charge in [-0.25, -0.2) is 0 Å². The van der Waals surface area contributed by atoms with Crippen LogP contribution in [0.3, 0.4) is 0 Å². The highest BCUT2D eigenvalue weighted by Crippen LogP contribution is 2.43. The van der Waals surface area contributed by atoms with Crippen molar-refractivity contribution in [2.24, 2.45) is 11.8 Å². The first-order valence-electron chi connectivity index (χ1n) is 6.52. The van der Waals surface area contributed by atoms with Gasteiger partial charge in [0.2, 0.25) is 0 Å². The first kappa shape index (κ1) is 14.2. The molecule has 0 radical (unpaired) electrons. The second-order valence-electron chi connectivity index (χ2n) is 5.06. The van der Waals surface area contributed by atoms with Crippen LogP contribution in [0.4, 0.5) is 13.2 Å². The molecule has 2 rings (SSSR count). The molecule has 1 aliphatic rings. The zero-order valence-electron chi connectivity index (χ0n) is 10.8. The molecule has 0 spiro atoms. The van der Waals surface area contributed by atoms with Crippen LogP contribution in [0.25, 0.3) is 0 Å². The maximum Gasteiger partial charge on any atom is 0.391 e. The minimum absolute atomic E-state index is 0.0397. The van der Waals surface area contributed by atoms with Crippen molar-refractivity contribution in [1.82, 2.24) is 15.3 Å². The van der Waals surface area contributed by atoms with E-state index in [9.17, 15) is 13.2 Å². The third-order valence-corrected chi connectivity index (χ3v) is 3.86. The highest BCUT2D eigenvalue weighted by atomic mass is 19.4. The largest absolute Gasteiger partial charge is 0.391 e. The molecule has 0 amide bonds. The lowest BCUT2D eigenvalue weighted by atomic mass is 9.76. The molecule has 1 aromatic heterocycles. The van der Waals surface area contributed by atoms with E-state index < -0.39 is 12.1 Å². The zero-order valence-corrected chi connectivity index (χ0v) is 10.8. The molecule has 3 nitrogen and oxygen atoms in total. The molecule has 1 saturated carbocycles. The van der Waals surface area contributed by atoms with Gasteiger partial charge >= 0.3 is 6.18 Å². The van der Waals surface area contributed by atoms with E-state index in [0.717, 1.165) is 12.1 Å². The quantitative estimate of drug-likeness (QED) is 0.919. The fourth-order valence-corrected chi connectivity index (χ4v) is 2.92. The van der Waals surface area contributed by atoms with E-state index in [-0.39, 0.29) is 24.8 Å². The van der Waals surface area contributed by atoms with Gasteiger partial charge in [0.1, 0.15) is 0 Å². The van der Waals surface area contributed by atoms with Crippen LogP contribution in [0.2, 0.25) is 0 Å². The van der Waals surface area contributed by atoms with Crippen molar-refractivity contribution < 1.29 is 13.2 Å². The third-order valence-electron chi connectivity index (χ3n) is 3.86. The van der Waals surface area contributed by atoms with Gasteiger partial charge in [-0.2, -0.15) is 13.2 Å². The summed E-state index contributed by atoms with van der Waals surface area (Å²) in [5, 5.41) is 3.09. The Morgan fingerprint density at radius 2 is 2.11 bits per heavy atom. The molecule has 6 heteroatoms. The summed E-state index contributed by atoms with van der Waals surface area (Å²) in [7, 11) is 1.76. The maximum atomic E-state index is 12.8. The van der Waals surface area contributed by atoms with Crippen molar-refractivity contribution >= 4 is 0 Å². The molecule has 0 bridgehead atoms. The molecule has 1 aliphatic carbocycles. The molecule has 1 N–H and O–H groups in total. The van der Waals surface area contributed by atoms with Gasteiger partial charge in [0.15, 0.2) is 0 Å². The van der Waals surface area contributed by atoms with E-state index in [1.54, 1.807) is 25.6 Å². The van der Waals surface area contributed by atoms with Crippen LogP contribution in [0.15, 0.2) is 18.6 Å². The van der Waals surface area contributed by atoms with Gasteiger partial charge in [0.05, 0.1) is 17.7 Å². The molecule has 1 heterocycles. The molecule has 3 unspecified atom stereocenters. The van der Waals surface area contributed by atoms with Crippen LogP contribution in [0.5, 0.6) is 0 Å². The van der Waals surface area contributed by atoms with Crippen LogP contribution < -0.4 is 5.32 Å². The molecule has 0 aliphatic heterocycles. The van der Waals surface area contributed by atoms with E-state index in [4.69, 9.17) is 0 Å². The molecule has 1 fully saturated rings. The first-order valence-corrected chi connectivity index (χ1v) is 6.52. The SMILES string of the molecule is CNC(c1cnccn1)C1CCCC(C(F)(F)F)C1. The summed E-state index contributed by atoms with van der Waals surface area (Å²) in [5.74, 6) is -1.22. The average Bonchev–Trinajstić information content (AvgIpc) is 2.40. The van der Waals surface area contributed by atoms with Crippen LogP contribution in [0, 0.1) is 11.8 Å². The Labute approximate surface area is 110 Å². The Morgan fingerprint density at radius 3 is 2.68 bits per heavy atom. The van der Waals surface area contributed by atoms with Crippen LogP contribution >= 0.6 is 0 Å². The lowest BCUT2D eigenvalue weighted by Crippen LogP contribution is -2.35. The number of hydrogen-bond acceptors (Lipinski definition) is 3. The minimum Gasteiger partial charge on any atom is -0.311 e. The Hall–Kier alpha value is -1.17. The molecule has 0 saturated heterocycles. The second kappa shape index (κ2) is 5.86. The maximum absolute atomic E-state index is 12.8. The highest BCUT2D eigenvalue weighted by molar-refractivity contribution is 5.05. The van der Waals surface area contributed by atoms with Gasteiger partial charge < -0.3 is 5.32 Å². The van der Waals surface area contributed by atoms with Gasteiger partial charge in [0.25, 0.3) is 0 Å². The summed E-state index contributed by atoms with van der Waals surface area (Å²) in [4.78, 5) is 8.20. The van der Waals surface area contributed by atoms with Crippen LogP contribution in [-0.4, -0.2) is 23.2 Å². The summed E-state index contributed by atoms with van der Waals surface area (Å²) < 4.78 is 38.5. The summed E-state index contributed by atoms with van der Waals surface area (Å²) in [5.41, 5.74) is 0.720. The molecule has 3 atom stereocenters. The predicted molar refractivity (Wildman–Crippen MR) is 65.3 cm³/mol. The van der Waals surface area contributed by atoms with Gasteiger partial charge in [-0.05, 0) is 32.2 Å². The monoisotopic (exact) mass is 273 g/mol. The summed E-state index contributed by atoms with van der Waals surface area (Å²) >= 11 is 0. The first-order chi connectivity index (χ1) is 9.02. The summed E-state index contributed by atoms with van der Waals surface area (Å²) in [6.07, 6.45) is 2.52. The Bertz CT molecular complexity index is 394. The van der Waals surface area contributed by atoms with Gasteiger partial charge in [0, 0.05) is 18.6 Å². The smallest absolute Gasteiger partial charge is 0.311 e. The van der Waals surface area contributed by atoms with Gasteiger partial charge in [-0.15, -0.1) is 0 Å². The fraction of sp³-hybridized carbons (Fsp3) is 0.692. The van der Waals surface area contributed by atoms with Crippen molar-refractivity contribution in [3.8, 4) is 0 Å². The topological polar surface area (TPSA) is 37.8 Å². The Balaban J connectivity index is 2.11. The number of alkyl halides is 3. The Kier molecular flexibility index (Phi) is 4.39. The number of nitrogens with zero attached hydrogens (tertiary/aromatic N) is 2. The number of rotatable bonds is 3. The average molecular weight is 273 g/mol. The molecule has 1 aromatic rings. The third kappa shape index (κ3) is 3.43. The van der Waals surface area contributed by atoms with E-state index >= 15 is 0 Å². The molecular weight excluding hydrogens is 255 g/mol. The van der Waals surface area contributed by atoms with Crippen LogP contribution in [0.1, 0.15) is 37.4 Å². The molecule has 0 aromatic carbocycles. The molecular formula is C13H18F3N3. The van der Waals surface area contributed by atoms with E-state index in [1.165, 1.54) is 0 Å². The van der Waals surface area contributed by atoms with Crippen molar-refractivity contribution in [2.75, 3.05) is 7.05 Å². The van der Waals surface area contributed by atoms with Crippen molar-refractivity contribution in [2.45, 2.75) is 37.9 Å². The van der Waals surface area contributed by atoms with E-state index in [0.29, 0.717) is 6.42 Å². The number of aromatic nitrogens is 2. The van der Waals surface area contributed by atoms with Crippen LogP contribution in [-0.2, 0) is 0 Å². The lowest BCUT2D eigenvalue weighted by Gasteiger charge is -2.34.